The van der Waals surface area contributed by atoms with E-state index in [1.807, 2.05) is 6.07 Å². The average molecular weight is 278 g/mol. The highest BCUT2D eigenvalue weighted by molar-refractivity contribution is 9.11. The van der Waals surface area contributed by atoms with E-state index in [0.717, 1.165) is 23.2 Å². The summed E-state index contributed by atoms with van der Waals surface area (Å²) in [7, 11) is 0. The first-order valence-electron chi connectivity index (χ1n) is 4.85. The molecule has 2 N–H and O–H groups in total. The molecule has 0 radical (unpaired) electrons. The molecule has 4 heteroatoms. The first-order valence-corrected chi connectivity index (χ1v) is 6.46. The van der Waals surface area contributed by atoms with E-state index in [4.69, 9.17) is 0 Å². The molecule has 0 saturated carbocycles. The van der Waals surface area contributed by atoms with Crippen LogP contribution in [0.3, 0.4) is 0 Å². The van der Waals surface area contributed by atoms with Gasteiger partial charge in [-0.25, -0.2) is 0 Å². The van der Waals surface area contributed by atoms with Crippen LogP contribution in [0.4, 0.5) is 0 Å². The Morgan fingerprint density at radius 3 is 2.93 bits per heavy atom. The van der Waals surface area contributed by atoms with Crippen LogP contribution in [0.5, 0.6) is 0 Å². The lowest BCUT2D eigenvalue weighted by atomic mass is 10.2. The van der Waals surface area contributed by atoms with Gasteiger partial charge in [-0.2, -0.15) is 0 Å². The summed E-state index contributed by atoms with van der Waals surface area (Å²) in [6, 6.07) is 4.14. The van der Waals surface area contributed by atoms with Gasteiger partial charge >= 0.3 is 0 Å². The maximum Gasteiger partial charge on any atom is 0.0701 e. The summed E-state index contributed by atoms with van der Waals surface area (Å²) in [4.78, 5) is 1.29. The first-order chi connectivity index (χ1) is 6.72. The highest BCUT2D eigenvalue weighted by atomic mass is 79.9. The monoisotopic (exact) mass is 277 g/mol. The molecule has 0 bridgehead atoms. The van der Waals surface area contributed by atoms with Gasteiger partial charge < -0.3 is 10.4 Å². The molecule has 0 spiro atoms. The van der Waals surface area contributed by atoms with E-state index < -0.39 is 0 Å². The van der Waals surface area contributed by atoms with Gasteiger partial charge in [-0.3, -0.25) is 0 Å². The number of aliphatic hydroxyl groups is 1. The van der Waals surface area contributed by atoms with Crippen molar-refractivity contribution in [2.45, 2.75) is 32.4 Å². The standard InChI is InChI=1S/C10H16BrNOS/c1-2-3-8(13)6-12-7-9-4-5-10(11)14-9/h4-5,8,12-13H,2-3,6-7H2,1H3. The lowest BCUT2D eigenvalue weighted by Gasteiger charge is -2.09. The third kappa shape index (κ3) is 4.55. The number of aliphatic hydroxyl groups excluding tert-OH is 1. The lowest BCUT2D eigenvalue weighted by Crippen LogP contribution is -2.25. The third-order valence-corrected chi connectivity index (χ3v) is 3.55. The molecule has 1 heterocycles. The molecule has 2 nitrogen and oxygen atoms in total. The van der Waals surface area contributed by atoms with Gasteiger partial charge in [-0.1, -0.05) is 13.3 Å². The summed E-state index contributed by atoms with van der Waals surface area (Å²) in [6.45, 7) is 3.61. The zero-order valence-electron chi connectivity index (χ0n) is 8.29. The molecule has 1 atom stereocenters. The van der Waals surface area contributed by atoms with Crippen LogP contribution in [-0.4, -0.2) is 17.8 Å². The summed E-state index contributed by atoms with van der Waals surface area (Å²) < 4.78 is 1.16. The van der Waals surface area contributed by atoms with Crippen molar-refractivity contribution in [2.24, 2.45) is 0 Å². The fourth-order valence-electron chi connectivity index (χ4n) is 1.24. The van der Waals surface area contributed by atoms with Gasteiger partial charge in [-0.05, 0) is 34.5 Å². The molecule has 1 rings (SSSR count). The molecule has 0 aromatic carbocycles. The van der Waals surface area contributed by atoms with Crippen LogP contribution >= 0.6 is 27.3 Å². The zero-order chi connectivity index (χ0) is 10.4. The number of hydrogen-bond acceptors (Lipinski definition) is 3. The second-order valence-electron chi connectivity index (χ2n) is 3.28. The molecule has 1 aromatic rings. The molecule has 0 fully saturated rings. The van der Waals surface area contributed by atoms with E-state index >= 15 is 0 Å². The Kier molecular flexibility index (Phi) is 5.70. The maximum atomic E-state index is 9.46. The van der Waals surface area contributed by atoms with Crippen LogP contribution in [0, 0.1) is 0 Å². The molecule has 14 heavy (non-hydrogen) atoms. The van der Waals surface area contributed by atoms with E-state index in [0.29, 0.717) is 6.54 Å². The van der Waals surface area contributed by atoms with Crippen molar-refractivity contribution in [2.75, 3.05) is 6.54 Å². The minimum absolute atomic E-state index is 0.205. The number of rotatable bonds is 6. The second-order valence-corrected chi connectivity index (χ2v) is 5.83. The minimum Gasteiger partial charge on any atom is -0.392 e. The van der Waals surface area contributed by atoms with Crippen molar-refractivity contribution in [3.05, 3.63) is 20.8 Å². The summed E-state index contributed by atoms with van der Waals surface area (Å²) in [5, 5.41) is 12.7. The number of halogens is 1. The lowest BCUT2D eigenvalue weighted by molar-refractivity contribution is 0.160. The van der Waals surface area contributed by atoms with Gasteiger partial charge in [0.2, 0.25) is 0 Å². The van der Waals surface area contributed by atoms with Crippen LogP contribution in [0.2, 0.25) is 0 Å². The van der Waals surface area contributed by atoms with Crippen molar-refractivity contribution >= 4 is 27.3 Å². The van der Waals surface area contributed by atoms with Crippen molar-refractivity contribution in [3.63, 3.8) is 0 Å². The Hall–Kier alpha value is 0.1000. The number of nitrogens with one attached hydrogen (secondary N) is 1. The Morgan fingerprint density at radius 1 is 1.57 bits per heavy atom. The molecular weight excluding hydrogens is 262 g/mol. The van der Waals surface area contributed by atoms with E-state index in [1.54, 1.807) is 11.3 Å². The average Bonchev–Trinajstić information content (AvgIpc) is 2.52. The topological polar surface area (TPSA) is 32.3 Å². The van der Waals surface area contributed by atoms with Crippen LogP contribution in [0.25, 0.3) is 0 Å². The molecular formula is C10H16BrNOS. The molecule has 1 aromatic heterocycles. The van der Waals surface area contributed by atoms with Gasteiger partial charge in [0.1, 0.15) is 0 Å². The van der Waals surface area contributed by atoms with E-state index in [1.165, 1.54) is 4.88 Å². The van der Waals surface area contributed by atoms with Gasteiger partial charge in [-0.15, -0.1) is 11.3 Å². The summed E-state index contributed by atoms with van der Waals surface area (Å²) in [5.41, 5.74) is 0. The fraction of sp³-hybridized carbons (Fsp3) is 0.600. The fourth-order valence-corrected chi connectivity index (χ4v) is 2.70. The molecule has 0 aliphatic heterocycles. The second kappa shape index (κ2) is 6.56. The third-order valence-electron chi connectivity index (χ3n) is 1.93. The van der Waals surface area contributed by atoms with Crippen LogP contribution in [0.1, 0.15) is 24.6 Å². The molecule has 80 valence electrons. The molecule has 0 amide bonds. The zero-order valence-corrected chi connectivity index (χ0v) is 10.7. The van der Waals surface area contributed by atoms with E-state index in [-0.39, 0.29) is 6.10 Å². The Balaban J connectivity index is 2.15. The predicted molar refractivity (Wildman–Crippen MR) is 64.6 cm³/mol. The van der Waals surface area contributed by atoms with E-state index in [9.17, 15) is 5.11 Å². The van der Waals surface area contributed by atoms with Gasteiger partial charge in [0, 0.05) is 18.0 Å². The van der Waals surface area contributed by atoms with E-state index in [2.05, 4.69) is 34.2 Å². The quantitative estimate of drug-likeness (QED) is 0.838. The van der Waals surface area contributed by atoms with Crippen molar-refractivity contribution in [1.82, 2.24) is 5.32 Å². The Morgan fingerprint density at radius 2 is 2.36 bits per heavy atom. The highest BCUT2D eigenvalue weighted by Crippen LogP contribution is 2.21. The molecule has 0 saturated heterocycles. The predicted octanol–water partition coefficient (Wildman–Crippen LogP) is 2.76. The Bertz CT molecular complexity index is 264. The van der Waals surface area contributed by atoms with Gasteiger partial charge in [0.15, 0.2) is 0 Å². The largest absolute Gasteiger partial charge is 0.392 e. The number of thiophene rings is 1. The van der Waals surface area contributed by atoms with Crippen molar-refractivity contribution in [3.8, 4) is 0 Å². The van der Waals surface area contributed by atoms with Crippen LogP contribution in [0.15, 0.2) is 15.9 Å². The van der Waals surface area contributed by atoms with Crippen molar-refractivity contribution in [1.29, 1.82) is 0 Å². The van der Waals surface area contributed by atoms with Crippen molar-refractivity contribution < 1.29 is 5.11 Å². The van der Waals surface area contributed by atoms with Gasteiger partial charge in [0.25, 0.3) is 0 Å². The highest BCUT2D eigenvalue weighted by Gasteiger charge is 2.02. The maximum absolute atomic E-state index is 9.46. The summed E-state index contributed by atoms with van der Waals surface area (Å²) >= 11 is 5.14. The normalized spacial score (nSPS) is 13.1. The summed E-state index contributed by atoms with van der Waals surface area (Å²) in [6.07, 6.45) is 1.71. The minimum atomic E-state index is -0.205. The van der Waals surface area contributed by atoms with Crippen LogP contribution < -0.4 is 5.32 Å². The molecule has 0 aliphatic carbocycles. The van der Waals surface area contributed by atoms with Gasteiger partial charge in [0.05, 0.1) is 9.89 Å². The Labute approximate surface area is 97.5 Å². The summed E-state index contributed by atoms with van der Waals surface area (Å²) in [5.74, 6) is 0. The SMILES string of the molecule is CCCC(O)CNCc1ccc(Br)s1. The molecule has 0 aliphatic rings. The first kappa shape index (κ1) is 12.2. The smallest absolute Gasteiger partial charge is 0.0701 e. The number of hydrogen-bond donors (Lipinski definition) is 2. The van der Waals surface area contributed by atoms with Crippen LogP contribution in [-0.2, 0) is 6.54 Å². The molecule has 1 unspecified atom stereocenters.